The van der Waals surface area contributed by atoms with Gasteiger partial charge in [-0.1, -0.05) is 13.0 Å². The van der Waals surface area contributed by atoms with E-state index in [0.29, 0.717) is 19.6 Å². The molecule has 0 spiro atoms. The molecular weight excluding hydrogens is 256 g/mol. The first-order valence-corrected chi connectivity index (χ1v) is 6.85. The molecule has 0 atom stereocenters. The summed E-state index contributed by atoms with van der Waals surface area (Å²) in [6.07, 6.45) is 0.453. The van der Waals surface area contributed by atoms with Gasteiger partial charge in [-0.15, -0.1) is 0 Å². The van der Waals surface area contributed by atoms with Gasteiger partial charge in [0.1, 0.15) is 6.61 Å². The monoisotopic (exact) mass is 278 g/mol. The zero-order chi connectivity index (χ0) is 15.0. The van der Waals surface area contributed by atoms with Gasteiger partial charge in [-0.2, -0.15) is 0 Å². The first-order chi connectivity index (χ1) is 9.56. The number of nitrogens with zero attached hydrogens (tertiary/aromatic N) is 1. The second-order valence-corrected chi connectivity index (χ2v) is 4.37. The summed E-state index contributed by atoms with van der Waals surface area (Å²) in [4.78, 5) is 24.3. The van der Waals surface area contributed by atoms with Crippen LogP contribution in [-0.2, 0) is 14.3 Å². The molecule has 0 saturated heterocycles. The van der Waals surface area contributed by atoms with Gasteiger partial charge in [0.15, 0.2) is 0 Å². The number of carbonyl (C=O) groups excluding carboxylic acids is 2. The molecule has 0 radical (unpaired) electrons. The van der Waals surface area contributed by atoms with Crippen LogP contribution in [0.5, 0.6) is 0 Å². The third-order valence-electron chi connectivity index (χ3n) is 2.86. The molecule has 0 aliphatic rings. The lowest BCUT2D eigenvalue weighted by atomic mass is 10.2. The van der Waals surface area contributed by atoms with Crippen LogP contribution in [0.1, 0.15) is 27.2 Å². The zero-order valence-corrected chi connectivity index (χ0v) is 12.3. The lowest BCUT2D eigenvalue weighted by Crippen LogP contribution is -2.27. The number of hydrogen-bond donors (Lipinski definition) is 1. The SMILES string of the molecule is CCC(=O)Nc1cccc(N(CC)CCOC(C)=O)c1. The van der Waals surface area contributed by atoms with Gasteiger partial charge in [0.05, 0.1) is 6.54 Å². The molecule has 0 heterocycles. The number of hydrogen-bond acceptors (Lipinski definition) is 4. The number of rotatable bonds is 7. The Morgan fingerprint density at radius 2 is 2.05 bits per heavy atom. The maximum atomic E-state index is 11.4. The molecule has 0 fully saturated rings. The predicted octanol–water partition coefficient (Wildman–Crippen LogP) is 2.42. The van der Waals surface area contributed by atoms with Crippen LogP contribution in [0.2, 0.25) is 0 Å². The summed E-state index contributed by atoms with van der Waals surface area (Å²) in [5.41, 5.74) is 1.77. The van der Waals surface area contributed by atoms with Gasteiger partial charge in [0, 0.05) is 31.3 Å². The van der Waals surface area contributed by atoms with Crippen molar-refractivity contribution >= 4 is 23.3 Å². The summed E-state index contributed by atoms with van der Waals surface area (Å²) in [7, 11) is 0. The van der Waals surface area contributed by atoms with E-state index in [4.69, 9.17) is 4.74 Å². The highest BCUT2D eigenvalue weighted by Crippen LogP contribution is 2.19. The molecule has 1 aromatic rings. The number of benzene rings is 1. The maximum Gasteiger partial charge on any atom is 0.302 e. The Hall–Kier alpha value is -2.04. The molecular formula is C15H22N2O3. The molecule has 1 rings (SSSR count). The smallest absolute Gasteiger partial charge is 0.302 e. The second-order valence-electron chi connectivity index (χ2n) is 4.37. The Labute approximate surface area is 119 Å². The highest BCUT2D eigenvalue weighted by atomic mass is 16.5. The molecule has 0 aromatic heterocycles. The third-order valence-corrected chi connectivity index (χ3v) is 2.86. The van der Waals surface area contributed by atoms with Gasteiger partial charge < -0.3 is 15.0 Å². The first kappa shape index (κ1) is 16.0. The fourth-order valence-electron chi connectivity index (χ4n) is 1.80. The molecule has 0 saturated carbocycles. The van der Waals surface area contributed by atoms with Crippen molar-refractivity contribution in [3.63, 3.8) is 0 Å². The van der Waals surface area contributed by atoms with Gasteiger partial charge in [-0.25, -0.2) is 0 Å². The molecule has 110 valence electrons. The fourth-order valence-corrected chi connectivity index (χ4v) is 1.80. The maximum absolute atomic E-state index is 11.4. The highest BCUT2D eigenvalue weighted by molar-refractivity contribution is 5.91. The number of nitrogens with one attached hydrogen (secondary N) is 1. The largest absolute Gasteiger partial charge is 0.464 e. The topological polar surface area (TPSA) is 58.6 Å². The Morgan fingerprint density at radius 3 is 2.65 bits per heavy atom. The number of amides is 1. The quantitative estimate of drug-likeness (QED) is 0.778. The number of carbonyl (C=O) groups is 2. The zero-order valence-electron chi connectivity index (χ0n) is 12.3. The first-order valence-electron chi connectivity index (χ1n) is 6.85. The van der Waals surface area contributed by atoms with Crippen molar-refractivity contribution in [1.29, 1.82) is 0 Å². The van der Waals surface area contributed by atoms with Crippen LogP contribution in [-0.4, -0.2) is 31.6 Å². The van der Waals surface area contributed by atoms with E-state index in [1.165, 1.54) is 6.92 Å². The van der Waals surface area contributed by atoms with Crippen molar-refractivity contribution in [2.75, 3.05) is 29.9 Å². The number of ether oxygens (including phenoxy) is 1. The summed E-state index contributed by atoms with van der Waals surface area (Å²) >= 11 is 0. The molecule has 5 heteroatoms. The minimum Gasteiger partial charge on any atom is -0.464 e. The fraction of sp³-hybridized carbons (Fsp3) is 0.467. The minimum atomic E-state index is -0.273. The molecule has 1 aromatic carbocycles. The van der Waals surface area contributed by atoms with Crippen LogP contribution < -0.4 is 10.2 Å². The molecule has 1 N–H and O–H groups in total. The van der Waals surface area contributed by atoms with E-state index in [9.17, 15) is 9.59 Å². The van der Waals surface area contributed by atoms with Crippen LogP contribution in [0.4, 0.5) is 11.4 Å². The van der Waals surface area contributed by atoms with Crippen LogP contribution in [0, 0.1) is 0 Å². The van der Waals surface area contributed by atoms with Gasteiger partial charge >= 0.3 is 5.97 Å². The Morgan fingerprint density at radius 1 is 1.30 bits per heavy atom. The molecule has 0 bridgehead atoms. The van der Waals surface area contributed by atoms with Gasteiger partial charge in [-0.05, 0) is 25.1 Å². The Bertz CT molecular complexity index is 460. The average molecular weight is 278 g/mol. The highest BCUT2D eigenvalue weighted by Gasteiger charge is 2.07. The summed E-state index contributed by atoms with van der Waals surface area (Å²) in [6.45, 7) is 7.03. The van der Waals surface area contributed by atoms with Crippen molar-refractivity contribution in [2.45, 2.75) is 27.2 Å². The van der Waals surface area contributed by atoms with Crippen molar-refractivity contribution in [2.24, 2.45) is 0 Å². The van der Waals surface area contributed by atoms with Crippen molar-refractivity contribution in [1.82, 2.24) is 0 Å². The second kappa shape index (κ2) is 8.19. The summed E-state index contributed by atoms with van der Waals surface area (Å²) in [6, 6.07) is 7.65. The average Bonchev–Trinajstić information content (AvgIpc) is 2.43. The molecule has 1 amide bonds. The van der Waals surface area contributed by atoms with E-state index < -0.39 is 0 Å². The summed E-state index contributed by atoms with van der Waals surface area (Å²) in [5, 5.41) is 2.83. The van der Waals surface area contributed by atoms with Crippen LogP contribution in [0.25, 0.3) is 0 Å². The van der Waals surface area contributed by atoms with E-state index in [0.717, 1.165) is 17.9 Å². The van der Waals surface area contributed by atoms with E-state index in [-0.39, 0.29) is 11.9 Å². The number of esters is 1. The van der Waals surface area contributed by atoms with E-state index in [1.54, 1.807) is 0 Å². The van der Waals surface area contributed by atoms with Gasteiger partial charge in [-0.3, -0.25) is 9.59 Å². The lowest BCUT2D eigenvalue weighted by molar-refractivity contribution is -0.140. The summed E-state index contributed by atoms with van der Waals surface area (Å²) in [5.74, 6) is -0.282. The normalized spacial score (nSPS) is 9.95. The molecule has 0 aliphatic heterocycles. The molecule has 5 nitrogen and oxygen atoms in total. The Balaban J connectivity index is 2.69. The predicted molar refractivity (Wildman–Crippen MR) is 79.9 cm³/mol. The number of likely N-dealkylation sites (N-methyl/N-ethyl adjacent to an activating group) is 1. The Kier molecular flexibility index (Phi) is 6.56. The van der Waals surface area contributed by atoms with Gasteiger partial charge in [0.25, 0.3) is 0 Å². The molecule has 0 aliphatic carbocycles. The molecule has 0 unspecified atom stereocenters. The summed E-state index contributed by atoms with van der Waals surface area (Å²) < 4.78 is 4.96. The van der Waals surface area contributed by atoms with Crippen LogP contribution >= 0.6 is 0 Å². The molecule has 20 heavy (non-hydrogen) atoms. The van der Waals surface area contributed by atoms with E-state index >= 15 is 0 Å². The lowest BCUT2D eigenvalue weighted by Gasteiger charge is -2.23. The van der Waals surface area contributed by atoms with E-state index in [1.807, 2.05) is 38.1 Å². The van der Waals surface area contributed by atoms with Crippen molar-refractivity contribution in [3.05, 3.63) is 24.3 Å². The van der Waals surface area contributed by atoms with E-state index in [2.05, 4.69) is 10.2 Å². The third kappa shape index (κ3) is 5.30. The van der Waals surface area contributed by atoms with Gasteiger partial charge in [0.2, 0.25) is 5.91 Å². The van der Waals surface area contributed by atoms with Crippen molar-refractivity contribution < 1.29 is 14.3 Å². The minimum absolute atomic E-state index is 0.00916. The van der Waals surface area contributed by atoms with Crippen LogP contribution in [0.3, 0.4) is 0 Å². The standard InChI is InChI=1S/C15H22N2O3/c1-4-15(19)16-13-7-6-8-14(11-13)17(5-2)9-10-20-12(3)18/h6-8,11H,4-5,9-10H2,1-3H3,(H,16,19). The van der Waals surface area contributed by atoms with Crippen molar-refractivity contribution in [3.8, 4) is 0 Å². The van der Waals surface area contributed by atoms with Crippen LogP contribution in [0.15, 0.2) is 24.3 Å². The number of anilines is 2.